The van der Waals surface area contributed by atoms with Crippen LogP contribution in [0.1, 0.15) is 37.1 Å². The van der Waals surface area contributed by atoms with Gasteiger partial charge in [-0.25, -0.2) is 4.98 Å². The van der Waals surface area contributed by atoms with E-state index >= 15 is 0 Å². The maximum Gasteiger partial charge on any atom is 0.0948 e. The number of imidazole rings is 1. The van der Waals surface area contributed by atoms with Crippen LogP contribution in [-0.2, 0) is 6.54 Å². The zero-order chi connectivity index (χ0) is 12.3. The van der Waals surface area contributed by atoms with Crippen LogP contribution in [0.5, 0.6) is 0 Å². The fraction of sp³-hybridized carbons (Fsp3) is 0.357. The largest absolute Gasteiger partial charge is 0.333 e. The first kappa shape index (κ1) is 11.9. The molecule has 1 aromatic carbocycles. The van der Waals surface area contributed by atoms with Gasteiger partial charge in [0.05, 0.1) is 12.0 Å². The monoisotopic (exact) mass is 229 g/mol. The summed E-state index contributed by atoms with van der Waals surface area (Å²) in [5.41, 5.74) is 8.35. The zero-order valence-corrected chi connectivity index (χ0v) is 10.4. The third-order valence-corrected chi connectivity index (χ3v) is 3.05. The Hall–Kier alpha value is -1.61. The lowest BCUT2D eigenvalue weighted by Crippen LogP contribution is -2.14. The highest BCUT2D eigenvalue weighted by atomic mass is 15.1. The van der Waals surface area contributed by atoms with E-state index in [9.17, 15) is 0 Å². The molecule has 0 bridgehead atoms. The van der Waals surface area contributed by atoms with Crippen LogP contribution >= 0.6 is 0 Å². The van der Waals surface area contributed by atoms with Gasteiger partial charge in [0.2, 0.25) is 0 Å². The molecule has 0 amide bonds. The van der Waals surface area contributed by atoms with Crippen molar-refractivity contribution in [3.8, 4) is 0 Å². The topological polar surface area (TPSA) is 43.8 Å². The van der Waals surface area contributed by atoms with E-state index in [0.717, 1.165) is 12.2 Å². The van der Waals surface area contributed by atoms with Gasteiger partial charge < -0.3 is 10.3 Å². The van der Waals surface area contributed by atoms with Gasteiger partial charge in [-0.15, -0.1) is 0 Å². The first-order chi connectivity index (χ1) is 8.18. The SMILES string of the molecule is CC(N)c1cncn1CC(C)c1ccccc1. The van der Waals surface area contributed by atoms with Gasteiger partial charge in [0.1, 0.15) is 0 Å². The predicted molar refractivity (Wildman–Crippen MR) is 69.7 cm³/mol. The van der Waals surface area contributed by atoms with Gasteiger partial charge in [-0.2, -0.15) is 0 Å². The fourth-order valence-corrected chi connectivity index (χ4v) is 2.04. The summed E-state index contributed by atoms with van der Waals surface area (Å²) in [6, 6.07) is 10.5. The third-order valence-electron chi connectivity index (χ3n) is 3.05. The molecule has 17 heavy (non-hydrogen) atoms. The van der Waals surface area contributed by atoms with Crippen molar-refractivity contribution in [3.63, 3.8) is 0 Å². The van der Waals surface area contributed by atoms with Crippen molar-refractivity contribution in [3.05, 3.63) is 54.1 Å². The number of rotatable bonds is 4. The minimum Gasteiger partial charge on any atom is -0.333 e. The third kappa shape index (κ3) is 2.74. The van der Waals surface area contributed by atoms with E-state index < -0.39 is 0 Å². The minimum absolute atomic E-state index is 0.0282. The molecule has 0 saturated carbocycles. The molecule has 2 N–H and O–H groups in total. The molecule has 2 rings (SSSR count). The van der Waals surface area contributed by atoms with E-state index in [4.69, 9.17) is 5.73 Å². The maximum atomic E-state index is 5.91. The number of hydrogen-bond acceptors (Lipinski definition) is 2. The van der Waals surface area contributed by atoms with Gasteiger partial charge in [-0.1, -0.05) is 37.3 Å². The minimum atomic E-state index is 0.0282. The van der Waals surface area contributed by atoms with Crippen molar-refractivity contribution in [2.45, 2.75) is 32.4 Å². The van der Waals surface area contributed by atoms with E-state index in [1.165, 1.54) is 5.56 Å². The highest BCUT2D eigenvalue weighted by molar-refractivity contribution is 5.19. The molecule has 0 radical (unpaired) electrons. The number of aromatic nitrogens is 2. The Labute approximate surface area is 102 Å². The molecule has 2 atom stereocenters. The standard InChI is InChI=1S/C14H19N3/c1-11(13-6-4-3-5-7-13)9-17-10-16-8-14(17)12(2)15/h3-8,10-12H,9,15H2,1-2H3. The van der Waals surface area contributed by atoms with E-state index in [2.05, 4.69) is 40.7 Å². The molecule has 0 saturated heterocycles. The molecule has 3 nitrogen and oxygen atoms in total. The molecule has 0 aliphatic carbocycles. The Morgan fingerprint density at radius 2 is 1.94 bits per heavy atom. The lowest BCUT2D eigenvalue weighted by atomic mass is 10.0. The number of hydrogen-bond donors (Lipinski definition) is 1. The summed E-state index contributed by atoms with van der Waals surface area (Å²) < 4.78 is 2.14. The van der Waals surface area contributed by atoms with Gasteiger partial charge in [-0.3, -0.25) is 0 Å². The smallest absolute Gasteiger partial charge is 0.0948 e. The van der Waals surface area contributed by atoms with Crippen molar-refractivity contribution in [2.75, 3.05) is 0 Å². The van der Waals surface area contributed by atoms with Crippen molar-refractivity contribution in [2.24, 2.45) is 5.73 Å². The lowest BCUT2D eigenvalue weighted by molar-refractivity contribution is 0.559. The Morgan fingerprint density at radius 1 is 1.24 bits per heavy atom. The van der Waals surface area contributed by atoms with Gasteiger partial charge in [0, 0.05) is 18.8 Å². The molecular weight excluding hydrogens is 210 g/mol. The molecule has 2 aromatic rings. The van der Waals surface area contributed by atoms with Crippen LogP contribution in [-0.4, -0.2) is 9.55 Å². The zero-order valence-electron chi connectivity index (χ0n) is 10.4. The van der Waals surface area contributed by atoms with Gasteiger partial charge in [0.25, 0.3) is 0 Å². The summed E-state index contributed by atoms with van der Waals surface area (Å²) >= 11 is 0. The van der Waals surface area contributed by atoms with Gasteiger partial charge in [0.15, 0.2) is 0 Å². The van der Waals surface area contributed by atoms with Crippen molar-refractivity contribution in [1.29, 1.82) is 0 Å². The molecule has 3 heteroatoms. The van der Waals surface area contributed by atoms with Crippen molar-refractivity contribution < 1.29 is 0 Å². The summed E-state index contributed by atoms with van der Waals surface area (Å²) in [5, 5.41) is 0. The molecule has 2 unspecified atom stereocenters. The first-order valence-electron chi connectivity index (χ1n) is 5.99. The average molecular weight is 229 g/mol. The summed E-state index contributed by atoms with van der Waals surface area (Å²) in [4.78, 5) is 4.17. The summed E-state index contributed by atoms with van der Waals surface area (Å²) in [6.45, 7) is 5.13. The maximum absolute atomic E-state index is 5.91. The van der Waals surface area contributed by atoms with E-state index in [0.29, 0.717) is 5.92 Å². The number of benzene rings is 1. The molecule has 90 valence electrons. The van der Waals surface area contributed by atoms with E-state index in [1.807, 2.05) is 25.5 Å². The summed E-state index contributed by atoms with van der Waals surface area (Å²) in [6.07, 6.45) is 3.71. The normalized spacial score (nSPS) is 14.5. The van der Waals surface area contributed by atoms with E-state index in [1.54, 1.807) is 0 Å². The predicted octanol–water partition coefficient (Wildman–Crippen LogP) is 2.71. The van der Waals surface area contributed by atoms with Crippen LogP contribution in [0.2, 0.25) is 0 Å². The lowest BCUT2D eigenvalue weighted by Gasteiger charge is -2.16. The average Bonchev–Trinajstić information content (AvgIpc) is 2.78. The Balaban J connectivity index is 2.13. The Bertz CT molecular complexity index is 459. The van der Waals surface area contributed by atoms with E-state index in [-0.39, 0.29) is 6.04 Å². The molecule has 0 aliphatic rings. The van der Waals surface area contributed by atoms with Gasteiger partial charge >= 0.3 is 0 Å². The highest BCUT2D eigenvalue weighted by Gasteiger charge is 2.10. The van der Waals surface area contributed by atoms with Crippen molar-refractivity contribution >= 4 is 0 Å². The second-order valence-corrected chi connectivity index (χ2v) is 4.57. The second-order valence-electron chi connectivity index (χ2n) is 4.57. The molecular formula is C14H19N3. The molecule has 1 aromatic heterocycles. The van der Waals surface area contributed by atoms with Gasteiger partial charge in [-0.05, 0) is 18.4 Å². The quantitative estimate of drug-likeness (QED) is 0.876. The Morgan fingerprint density at radius 3 is 2.59 bits per heavy atom. The van der Waals surface area contributed by atoms with Crippen LogP contribution in [0.3, 0.4) is 0 Å². The van der Waals surface area contributed by atoms with Crippen LogP contribution in [0.4, 0.5) is 0 Å². The summed E-state index contributed by atoms with van der Waals surface area (Å²) in [7, 11) is 0. The van der Waals surface area contributed by atoms with Crippen LogP contribution < -0.4 is 5.73 Å². The number of nitrogens with zero attached hydrogens (tertiary/aromatic N) is 2. The number of nitrogens with two attached hydrogens (primary N) is 1. The van der Waals surface area contributed by atoms with Crippen molar-refractivity contribution in [1.82, 2.24) is 9.55 Å². The second kappa shape index (κ2) is 5.15. The summed E-state index contributed by atoms with van der Waals surface area (Å²) in [5.74, 6) is 0.461. The van der Waals surface area contributed by atoms with Crippen LogP contribution in [0.25, 0.3) is 0 Å². The Kier molecular flexibility index (Phi) is 3.59. The highest BCUT2D eigenvalue weighted by Crippen LogP contribution is 2.19. The molecule has 0 aliphatic heterocycles. The molecule has 0 fully saturated rings. The molecule has 0 spiro atoms. The first-order valence-corrected chi connectivity index (χ1v) is 5.99. The fourth-order valence-electron chi connectivity index (χ4n) is 2.04. The molecule has 1 heterocycles. The van der Waals surface area contributed by atoms with Crippen LogP contribution in [0, 0.1) is 0 Å². The van der Waals surface area contributed by atoms with Crippen LogP contribution in [0.15, 0.2) is 42.9 Å².